The van der Waals surface area contributed by atoms with Crippen LogP contribution in [0.25, 0.3) is 0 Å². The molecule has 0 bridgehead atoms. The van der Waals surface area contributed by atoms with Crippen molar-refractivity contribution >= 4 is 16.2 Å². The van der Waals surface area contributed by atoms with E-state index >= 15 is 0 Å². The van der Waals surface area contributed by atoms with Crippen LogP contribution in [-0.2, 0) is 15.0 Å². The lowest BCUT2D eigenvalue weighted by Crippen LogP contribution is -2.51. The summed E-state index contributed by atoms with van der Waals surface area (Å²) in [5.74, 6) is -0.291. The van der Waals surface area contributed by atoms with Crippen LogP contribution in [0.4, 0.5) is 0 Å². The van der Waals surface area contributed by atoms with E-state index in [4.69, 9.17) is 5.11 Å². The molecule has 0 spiro atoms. The summed E-state index contributed by atoms with van der Waals surface area (Å²) in [5, 5.41) is 9.09. The topological polar surface area (TPSA) is 77.9 Å². The highest BCUT2D eigenvalue weighted by atomic mass is 32.2. The summed E-state index contributed by atoms with van der Waals surface area (Å²) in [6, 6.07) is 0. The molecule has 0 saturated carbocycles. The third kappa shape index (κ3) is 3.76. The molecule has 2 aliphatic rings. The predicted molar refractivity (Wildman–Crippen MR) is 80.0 cm³/mol. The minimum atomic E-state index is -3.50. The first-order valence-electron chi connectivity index (χ1n) is 7.80. The molecule has 0 amide bonds. The van der Waals surface area contributed by atoms with Crippen LogP contribution < -0.4 is 0 Å². The lowest BCUT2D eigenvalue weighted by atomic mass is 9.87. The number of aliphatic carboxylic acids is 1. The third-order valence-corrected chi connectivity index (χ3v) is 6.83. The Labute approximate surface area is 127 Å². The molecule has 0 aromatic carbocycles. The van der Waals surface area contributed by atoms with E-state index in [2.05, 4.69) is 13.8 Å². The fourth-order valence-corrected chi connectivity index (χ4v) is 5.02. The van der Waals surface area contributed by atoms with Gasteiger partial charge in [0.25, 0.3) is 10.2 Å². The Morgan fingerprint density at radius 2 is 1.71 bits per heavy atom. The minimum absolute atomic E-state index is 0.113. The molecule has 2 heterocycles. The van der Waals surface area contributed by atoms with Gasteiger partial charge in [0, 0.05) is 26.2 Å². The predicted octanol–water partition coefficient (Wildman–Crippen LogP) is 1.40. The second-order valence-corrected chi connectivity index (χ2v) is 8.45. The number of rotatable bonds is 4. The van der Waals surface area contributed by atoms with Crippen LogP contribution in [0.1, 0.15) is 39.5 Å². The van der Waals surface area contributed by atoms with Crippen LogP contribution >= 0.6 is 0 Å². The molecule has 2 saturated heterocycles. The van der Waals surface area contributed by atoms with E-state index in [1.165, 1.54) is 8.61 Å². The Morgan fingerprint density at radius 1 is 1.10 bits per heavy atom. The first kappa shape index (κ1) is 16.7. The monoisotopic (exact) mass is 318 g/mol. The maximum atomic E-state index is 12.6. The lowest BCUT2D eigenvalue weighted by Gasteiger charge is -2.38. The van der Waals surface area contributed by atoms with Gasteiger partial charge in [-0.1, -0.05) is 13.8 Å². The average Bonchev–Trinajstić information content (AvgIpc) is 2.47. The zero-order valence-electron chi connectivity index (χ0n) is 12.9. The summed E-state index contributed by atoms with van der Waals surface area (Å²) < 4.78 is 28.2. The van der Waals surface area contributed by atoms with E-state index in [1.54, 1.807) is 0 Å². The van der Waals surface area contributed by atoms with Gasteiger partial charge in [0.05, 0.1) is 5.92 Å². The Kier molecular flexibility index (Phi) is 5.27. The molecule has 1 N–H and O–H groups in total. The molecule has 0 radical (unpaired) electrons. The summed E-state index contributed by atoms with van der Waals surface area (Å²) in [6.45, 7) is 6.02. The molecular weight excluding hydrogens is 292 g/mol. The maximum absolute atomic E-state index is 12.6. The van der Waals surface area contributed by atoms with Gasteiger partial charge in [0.2, 0.25) is 0 Å². The quantitative estimate of drug-likeness (QED) is 0.850. The summed E-state index contributed by atoms with van der Waals surface area (Å²) in [6.07, 6.45) is 2.98. The highest BCUT2D eigenvalue weighted by Crippen LogP contribution is 2.28. The fourth-order valence-electron chi connectivity index (χ4n) is 3.29. The third-order valence-electron chi connectivity index (χ3n) is 4.83. The van der Waals surface area contributed by atoms with Crippen LogP contribution in [0.2, 0.25) is 0 Å². The van der Waals surface area contributed by atoms with Gasteiger partial charge >= 0.3 is 5.97 Å². The van der Waals surface area contributed by atoms with Crippen molar-refractivity contribution in [2.24, 2.45) is 17.8 Å². The molecule has 21 heavy (non-hydrogen) atoms. The standard InChI is InChI=1S/C14H26N2O4S/c1-11(2)12-5-8-15(9-6-12)21(19,20)16-7-3-4-13(10-16)14(17)18/h11-13H,3-10H2,1-2H3,(H,17,18). The van der Waals surface area contributed by atoms with E-state index in [9.17, 15) is 13.2 Å². The van der Waals surface area contributed by atoms with E-state index in [0.29, 0.717) is 44.3 Å². The second-order valence-electron chi connectivity index (χ2n) is 6.52. The van der Waals surface area contributed by atoms with Crippen molar-refractivity contribution in [2.75, 3.05) is 26.2 Å². The Hall–Kier alpha value is -0.660. The number of nitrogens with zero attached hydrogens (tertiary/aromatic N) is 2. The smallest absolute Gasteiger partial charge is 0.307 e. The number of carbonyl (C=O) groups is 1. The molecule has 122 valence electrons. The molecule has 7 heteroatoms. The van der Waals surface area contributed by atoms with Crippen molar-refractivity contribution in [1.29, 1.82) is 0 Å². The van der Waals surface area contributed by atoms with Gasteiger partial charge in [-0.3, -0.25) is 4.79 Å². The van der Waals surface area contributed by atoms with Gasteiger partial charge in [0.15, 0.2) is 0 Å². The number of carboxylic acids is 1. The zero-order chi connectivity index (χ0) is 15.6. The molecule has 0 aromatic rings. The van der Waals surface area contributed by atoms with Gasteiger partial charge in [0.1, 0.15) is 0 Å². The summed E-state index contributed by atoms with van der Waals surface area (Å²) in [7, 11) is -3.50. The molecule has 2 rings (SSSR count). The second kappa shape index (κ2) is 6.62. The summed E-state index contributed by atoms with van der Waals surface area (Å²) in [5.41, 5.74) is 0. The van der Waals surface area contributed by atoms with Crippen molar-refractivity contribution in [3.05, 3.63) is 0 Å². The first-order valence-corrected chi connectivity index (χ1v) is 9.20. The van der Waals surface area contributed by atoms with Gasteiger partial charge in [-0.15, -0.1) is 0 Å². The van der Waals surface area contributed by atoms with E-state index in [0.717, 1.165) is 12.8 Å². The summed E-state index contributed by atoms with van der Waals surface area (Å²) in [4.78, 5) is 11.1. The van der Waals surface area contributed by atoms with Crippen molar-refractivity contribution in [1.82, 2.24) is 8.61 Å². The molecular formula is C14H26N2O4S. The molecule has 2 aliphatic heterocycles. The minimum Gasteiger partial charge on any atom is -0.481 e. The van der Waals surface area contributed by atoms with E-state index in [1.807, 2.05) is 0 Å². The molecule has 0 aliphatic carbocycles. The van der Waals surface area contributed by atoms with Gasteiger partial charge in [-0.05, 0) is 37.5 Å². The highest BCUT2D eigenvalue weighted by Gasteiger charge is 2.37. The SMILES string of the molecule is CC(C)C1CCN(S(=O)(=O)N2CCCC(C(=O)O)C2)CC1. The normalized spacial score (nSPS) is 27.1. The first-order chi connectivity index (χ1) is 9.82. The molecule has 0 aromatic heterocycles. The number of piperidine rings is 2. The van der Waals surface area contributed by atoms with Gasteiger partial charge in [-0.25, -0.2) is 0 Å². The van der Waals surface area contributed by atoms with Crippen molar-refractivity contribution in [2.45, 2.75) is 39.5 Å². The largest absolute Gasteiger partial charge is 0.481 e. The molecule has 1 atom stereocenters. The summed E-state index contributed by atoms with van der Waals surface area (Å²) >= 11 is 0. The fraction of sp³-hybridized carbons (Fsp3) is 0.929. The lowest BCUT2D eigenvalue weighted by molar-refractivity contribution is -0.142. The Balaban J connectivity index is 2.00. The molecule has 6 nitrogen and oxygen atoms in total. The van der Waals surface area contributed by atoms with Crippen molar-refractivity contribution < 1.29 is 18.3 Å². The number of hydrogen-bond acceptors (Lipinski definition) is 3. The molecule has 1 unspecified atom stereocenters. The maximum Gasteiger partial charge on any atom is 0.307 e. The van der Waals surface area contributed by atoms with E-state index < -0.39 is 22.1 Å². The van der Waals surface area contributed by atoms with Crippen molar-refractivity contribution in [3.8, 4) is 0 Å². The van der Waals surface area contributed by atoms with Crippen LogP contribution in [-0.4, -0.2) is 54.3 Å². The highest BCUT2D eigenvalue weighted by molar-refractivity contribution is 7.86. The Bertz CT molecular complexity index is 469. The van der Waals surface area contributed by atoms with Gasteiger partial charge in [-0.2, -0.15) is 17.0 Å². The average molecular weight is 318 g/mol. The van der Waals surface area contributed by atoms with Crippen LogP contribution in [0.5, 0.6) is 0 Å². The van der Waals surface area contributed by atoms with Gasteiger partial charge < -0.3 is 5.11 Å². The number of carboxylic acid groups (broad SMARTS) is 1. The van der Waals surface area contributed by atoms with Crippen LogP contribution in [0, 0.1) is 17.8 Å². The van der Waals surface area contributed by atoms with Crippen LogP contribution in [0.3, 0.4) is 0 Å². The van der Waals surface area contributed by atoms with E-state index in [-0.39, 0.29) is 6.54 Å². The Morgan fingerprint density at radius 3 is 2.24 bits per heavy atom. The zero-order valence-corrected chi connectivity index (χ0v) is 13.7. The number of hydrogen-bond donors (Lipinski definition) is 1. The van der Waals surface area contributed by atoms with Crippen molar-refractivity contribution in [3.63, 3.8) is 0 Å². The molecule has 2 fully saturated rings. The van der Waals surface area contributed by atoms with Crippen LogP contribution in [0.15, 0.2) is 0 Å².